The second kappa shape index (κ2) is 7.79. The van der Waals surface area contributed by atoms with E-state index in [0.29, 0.717) is 6.04 Å². The first-order valence-corrected chi connectivity index (χ1v) is 8.60. The highest BCUT2D eigenvalue weighted by Crippen LogP contribution is 2.27. The molecule has 0 saturated carbocycles. The SMILES string of the molecule is CCCNC(CC)c1ccc(N2CCC(C)C(C)C2)cn1. The molecule has 0 spiro atoms. The van der Waals surface area contributed by atoms with Gasteiger partial charge in [-0.25, -0.2) is 0 Å². The molecule has 1 N–H and O–H groups in total. The van der Waals surface area contributed by atoms with Crippen LogP contribution in [-0.4, -0.2) is 24.6 Å². The quantitative estimate of drug-likeness (QED) is 0.857. The second-order valence-corrected chi connectivity index (χ2v) is 6.55. The molecular weight excluding hydrogens is 258 g/mol. The van der Waals surface area contributed by atoms with Gasteiger partial charge in [-0.15, -0.1) is 0 Å². The van der Waals surface area contributed by atoms with E-state index in [1.165, 1.54) is 24.2 Å². The summed E-state index contributed by atoms with van der Waals surface area (Å²) in [5.74, 6) is 1.62. The molecule has 2 rings (SSSR count). The predicted octanol–water partition coefficient (Wildman–Crippen LogP) is 4.01. The molecule has 2 heterocycles. The Morgan fingerprint density at radius 2 is 2.10 bits per heavy atom. The van der Waals surface area contributed by atoms with Crippen LogP contribution in [0.25, 0.3) is 0 Å². The molecule has 1 saturated heterocycles. The van der Waals surface area contributed by atoms with Gasteiger partial charge in [0.1, 0.15) is 0 Å². The fourth-order valence-corrected chi connectivity index (χ4v) is 3.06. The van der Waals surface area contributed by atoms with Crippen molar-refractivity contribution in [3.63, 3.8) is 0 Å². The Hall–Kier alpha value is -1.09. The monoisotopic (exact) mass is 289 g/mol. The van der Waals surface area contributed by atoms with Crippen LogP contribution in [0, 0.1) is 11.8 Å². The van der Waals surface area contributed by atoms with Gasteiger partial charge in [-0.3, -0.25) is 4.98 Å². The van der Waals surface area contributed by atoms with Crippen LogP contribution in [0.1, 0.15) is 58.7 Å². The van der Waals surface area contributed by atoms with Gasteiger partial charge in [0, 0.05) is 19.1 Å². The summed E-state index contributed by atoms with van der Waals surface area (Å²) >= 11 is 0. The maximum absolute atomic E-state index is 4.72. The average molecular weight is 289 g/mol. The average Bonchev–Trinajstić information content (AvgIpc) is 2.51. The van der Waals surface area contributed by atoms with Gasteiger partial charge in [0.05, 0.1) is 17.6 Å². The third kappa shape index (κ3) is 4.19. The Morgan fingerprint density at radius 3 is 2.67 bits per heavy atom. The lowest BCUT2D eigenvalue weighted by Crippen LogP contribution is -2.38. The van der Waals surface area contributed by atoms with Crippen molar-refractivity contribution in [2.24, 2.45) is 11.8 Å². The molecule has 21 heavy (non-hydrogen) atoms. The van der Waals surface area contributed by atoms with Crippen LogP contribution in [-0.2, 0) is 0 Å². The molecule has 0 radical (unpaired) electrons. The summed E-state index contributed by atoms with van der Waals surface area (Å²) in [6.45, 7) is 12.5. The van der Waals surface area contributed by atoms with Gasteiger partial charge in [-0.1, -0.05) is 27.7 Å². The van der Waals surface area contributed by atoms with E-state index in [2.05, 4.69) is 56.2 Å². The normalized spacial score (nSPS) is 24.1. The van der Waals surface area contributed by atoms with E-state index in [1.807, 2.05) is 0 Å². The van der Waals surface area contributed by atoms with E-state index in [4.69, 9.17) is 4.98 Å². The number of rotatable bonds is 6. The highest BCUT2D eigenvalue weighted by molar-refractivity contribution is 5.45. The Bertz CT molecular complexity index is 415. The van der Waals surface area contributed by atoms with Crippen molar-refractivity contribution < 1.29 is 0 Å². The fourth-order valence-electron chi connectivity index (χ4n) is 3.06. The van der Waals surface area contributed by atoms with Crippen LogP contribution in [0.4, 0.5) is 5.69 Å². The summed E-state index contributed by atoms with van der Waals surface area (Å²) in [6, 6.07) is 4.84. The number of pyridine rings is 1. The Morgan fingerprint density at radius 1 is 1.29 bits per heavy atom. The molecule has 0 aromatic carbocycles. The molecule has 1 aromatic heterocycles. The fraction of sp³-hybridized carbons (Fsp3) is 0.722. The maximum atomic E-state index is 4.72. The van der Waals surface area contributed by atoms with E-state index in [0.717, 1.165) is 37.9 Å². The number of piperidine rings is 1. The van der Waals surface area contributed by atoms with E-state index in [-0.39, 0.29) is 0 Å². The van der Waals surface area contributed by atoms with E-state index in [9.17, 15) is 0 Å². The van der Waals surface area contributed by atoms with Crippen molar-refractivity contribution in [3.05, 3.63) is 24.0 Å². The molecule has 1 aliphatic rings. The van der Waals surface area contributed by atoms with Crippen molar-refractivity contribution in [1.29, 1.82) is 0 Å². The number of hydrogen-bond donors (Lipinski definition) is 1. The summed E-state index contributed by atoms with van der Waals surface area (Å²) in [6.07, 6.45) is 5.61. The Balaban J connectivity index is 2.01. The van der Waals surface area contributed by atoms with Gasteiger partial charge in [0.15, 0.2) is 0 Å². The molecule has 1 fully saturated rings. The third-order valence-corrected chi connectivity index (χ3v) is 4.88. The van der Waals surface area contributed by atoms with Gasteiger partial charge in [0.25, 0.3) is 0 Å². The van der Waals surface area contributed by atoms with Crippen molar-refractivity contribution >= 4 is 5.69 Å². The summed E-state index contributed by atoms with van der Waals surface area (Å²) < 4.78 is 0. The molecule has 3 atom stereocenters. The number of nitrogens with one attached hydrogen (secondary N) is 1. The van der Waals surface area contributed by atoms with E-state index >= 15 is 0 Å². The van der Waals surface area contributed by atoms with Crippen molar-refractivity contribution in [2.45, 2.75) is 53.0 Å². The third-order valence-electron chi connectivity index (χ3n) is 4.88. The smallest absolute Gasteiger partial charge is 0.0574 e. The molecule has 0 aliphatic carbocycles. The van der Waals surface area contributed by atoms with Gasteiger partial charge in [-0.2, -0.15) is 0 Å². The van der Waals surface area contributed by atoms with Crippen LogP contribution in [0.2, 0.25) is 0 Å². The van der Waals surface area contributed by atoms with Crippen molar-refractivity contribution in [2.75, 3.05) is 24.5 Å². The molecular formula is C18H31N3. The van der Waals surface area contributed by atoms with E-state index in [1.54, 1.807) is 0 Å². The van der Waals surface area contributed by atoms with Gasteiger partial charge < -0.3 is 10.2 Å². The molecule has 0 amide bonds. The van der Waals surface area contributed by atoms with Crippen LogP contribution >= 0.6 is 0 Å². The Labute approximate surface area is 130 Å². The summed E-state index contributed by atoms with van der Waals surface area (Å²) in [5.41, 5.74) is 2.45. The van der Waals surface area contributed by atoms with Crippen LogP contribution in [0.15, 0.2) is 18.3 Å². The molecule has 3 unspecified atom stereocenters. The lowest BCUT2D eigenvalue weighted by Gasteiger charge is -2.36. The molecule has 3 heteroatoms. The molecule has 0 bridgehead atoms. The van der Waals surface area contributed by atoms with E-state index < -0.39 is 0 Å². The lowest BCUT2D eigenvalue weighted by atomic mass is 9.88. The standard InChI is InChI=1S/C18H31N3/c1-5-10-19-17(6-2)18-8-7-16(12-20-18)21-11-9-14(3)15(4)13-21/h7-8,12,14-15,17,19H,5-6,9-11,13H2,1-4H3. The minimum atomic E-state index is 0.388. The second-order valence-electron chi connectivity index (χ2n) is 6.55. The Kier molecular flexibility index (Phi) is 6.04. The molecule has 1 aromatic rings. The topological polar surface area (TPSA) is 28.2 Å². The van der Waals surface area contributed by atoms with Crippen LogP contribution < -0.4 is 10.2 Å². The lowest BCUT2D eigenvalue weighted by molar-refractivity contribution is 0.324. The van der Waals surface area contributed by atoms with Crippen LogP contribution in [0.5, 0.6) is 0 Å². The summed E-state index contributed by atoms with van der Waals surface area (Å²) in [4.78, 5) is 7.21. The number of aromatic nitrogens is 1. The number of anilines is 1. The molecule has 3 nitrogen and oxygen atoms in total. The molecule has 118 valence electrons. The predicted molar refractivity (Wildman–Crippen MR) is 90.7 cm³/mol. The van der Waals surface area contributed by atoms with Crippen molar-refractivity contribution in [1.82, 2.24) is 10.3 Å². The largest absolute Gasteiger partial charge is 0.370 e. The van der Waals surface area contributed by atoms with Gasteiger partial charge in [0.2, 0.25) is 0 Å². The zero-order valence-corrected chi connectivity index (χ0v) is 14.1. The summed E-state index contributed by atoms with van der Waals surface area (Å²) in [7, 11) is 0. The van der Waals surface area contributed by atoms with Crippen LogP contribution in [0.3, 0.4) is 0 Å². The zero-order valence-electron chi connectivity index (χ0n) is 14.1. The summed E-state index contributed by atoms with van der Waals surface area (Å²) in [5, 5.41) is 3.57. The first-order valence-electron chi connectivity index (χ1n) is 8.60. The maximum Gasteiger partial charge on any atom is 0.0574 e. The van der Waals surface area contributed by atoms with Crippen molar-refractivity contribution in [3.8, 4) is 0 Å². The highest BCUT2D eigenvalue weighted by atomic mass is 15.1. The first-order chi connectivity index (χ1) is 10.2. The minimum absolute atomic E-state index is 0.388. The zero-order chi connectivity index (χ0) is 15.2. The first kappa shape index (κ1) is 16.3. The molecule has 1 aliphatic heterocycles. The highest BCUT2D eigenvalue weighted by Gasteiger charge is 2.23. The van der Waals surface area contributed by atoms with Gasteiger partial charge >= 0.3 is 0 Å². The minimum Gasteiger partial charge on any atom is -0.370 e. The number of hydrogen-bond acceptors (Lipinski definition) is 3. The number of nitrogens with zero attached hydrogens (tertiary/aromatic N) is 2. The van der Waals surface area contributed by atoms with Gasteiger partial charge in [-0.05, 0) is 49.8 Å².